The lowest BCUT2D eigenvalue weighted by Gasteiger charge is -2.48. The van der Waals surface area contributed by atoms with Crippen molar-refractivity contribution >= 4 is 58.7 Å². The number of rotatable bonds is 11. The lowest BCUT2D eigenvalue weighted by molar-refractivity contribution is 0.459. The van der Waals surface area contributed by atoms with Crippen LogP contribution in [-0.4, -0.2) is 35.7 Å². The second kappa shape index (κ2) is 19.8. The molecule has 0 unspecified atom stereocenters. The fourth-order valence-corrected chi connectivity index (χ4v) is 29.3. The molecule has 350 valence electrons. The van der Waals surface area contributed by atoms with E-state index in [1.807, 2.05) is 0 Å². The zero-order valence-corrected chi connectivity index (χ0v) is 42.8. The molecule has 0 spiro atoms. The number of nitrogens with zero attached hydrogens (tertiary/aromatic N) is 4. The average Bonchev–Trinajstić information content (AvgIpc) is 3.78. The lowest BCUT2D eigenvalue weighted by Crippen LogP contribution is -2.65. The minimum absolute atomic E-state index is 0.695. The van der Waals surface area contributed by atoms with E-state index in [1.165, 1.54) is 139 Å². The minimum Gasteiger partial charge on any atom is -0.278 e. The molecular weight excluding hydrogens is 869 g/mol. The molecule has 0 amide bonds. The van der Waals surface area contributed by atoms with Crippen LogP contribution in [0.1, 0.15) is 128 Å². The molecule has 4 aliphatic rings. The summed E-state index contributed by atoms with van der Waals surface area (Å²) in [6.45, 7) is 0. The molecule has 4 saturated carbocycles. The molecule has 6 heteroatoms. The maximum atomic E-state index is 5.68. The van der Waals surface area contributed by atoms with Gasteiger partial charge in [0, 0.05) is 21.9 Å². The summed E-state index contributed by atoms with van der Waals surface area (Å²) in [5.74, 6) is 2.25. The predicted molar refractivity (Wildman–Crippen MR) is 295 cm³/mol. The fourth-order valence-electron chi connectivity index (χ4n) is 15.2. The van der Waals surface area contributed by atoms with Gasteiger partial charge in [-0.25, -0.2) is 4.98 Å². The summed E-state index contributed by atoms with van der Waals surface area (Å²) in [4.78, 5) is 16.9. The number of benzene rings is 6. The third-order valence-corrected chi connectivity index (χ3v) is 30.7. The van der Waals surface area contributed by atoms with Gasteiger partial charge in [0.25, 0.3) is 0 Å². The van der Waals surface area contributed by atoms with Gasteiger partial charge in [0.15, 0.2) is 11.6 Å². The van der Waals surface area contributed by atoms with E-state index in [4.69, 9.17) is 15.0 Å². The summed E-state index contributed by atoms with van der Waals surface area (Å²) in [7, 11) is -4.59. The third-order valence-electron chi connectivity index (χ3n) is 18.1. The van der Waals surface area contributed by atoms with Crippen LogP contribution in [0.5, 0.6) is 0 Å². The molecular formula is C63H70N4Si2. The number of hydrogen-bond donors (Lipinski definition) is 0. The first kappa shape index (κ1) is 44.8. The first-order valence-corrected chi connectivity index (χ1v) is 31.6. The van der Waals surface area contributed by atoms with Gasteiger partial charge in [-0.1, -0.05) is 295 Å². The van der Waals surface area contributed by atoms with Crippen LogP contribution in [0.15, 0.2) is 158 Å². The Hall–Kier alpha value is -5.44. The van der Waals surface area contributed by atoms with Gasteiger partial charge >= 0.3 is 0 Å². The monoisotopic (exact) mass is 939 g/mol. The van der Waals surface area contributed by atoms with Crippen LogP contribution in [0.3, 0.4) is 0 Å². The third kappa shape index (κ3) is 8.08. The van der Waals surface area contributed by atoms with E-state index in [9.17, 15) is 0 Å². The van der Waals surface area contributed by atoms with E-state index in [-0.39, 0.29) is 0 Å². The van der Waals surface area contributed by atoms with Crippen LogP contribution < -0.4 is 20.7 Å². The van der Waals surface area contributed by atoms with Gasteiger partial charge in [0.1, 0.15) is 16.1 Å². The molecule has 0 atom stereocenters. The van der Waals surface area contributed by atoms with Crippen LogP contribution in [0.25, 0.3) is 50.5 Å². The SMILES string of the molecule is c1ccc([Si](c2cccc(-c3nc(-c4cccc([Si](c5ccccc5)(C5CCCCC5)C5CCCCC5)c4)nc(-n4c5ccccc5c5ccccc54)n3)c2)(C2CCCCC2)C2CCCCC2)cc1. The standard InChI is InChI=1S/C63H70N4Si2/c1-7-27-49(28-8-1)68(50-29-9-2-10-30-50,51-31-11-3-12-32-51)55-39-23-25-47(45-55)61-64-62(66-63(65-61)67-59-43-21-19-41-57(59)58-42-20-22-44-60(58)67)48-26-24-40-56(46-48)69(52-33-13-4-14-34-52,53-35-15-5-16-36-53)54-37-17-6-18-38-54/h1,4,7-8,13-14,19-28,33-34,39-46,50-51,53-54H,2-3,5-6,9-12,15-18,29-32,35-38H2. The van der Waals surface area contributed by atoms with Crippen LogP contribution in [0.2, 0.25) is 22.2 Å². The summed E-state index contributed by atoms with van der Waals surface area (Å²) >= 11 is 0. The summed E-state index contributed by atoms with van der Waals surface area (Å²) in [6.07, 6.45) is 27.1. The molecule has 4 fully saturated rings. The Morgan fingerprint density at radius 2 is 0.652 bits per heavy atom. The maximum Gasteiger partial charge on any atom is 0.238 e. The summed E-state index contributed by atoms with van der Waals surface area (Å²) in [5.41, 5.74) is 7.42. The van der Waals surface area contributed by atoms with Gasteiger partial charge in [0.2, 0.25) is 5.95 Å². The van der Waals surface area contributed by atoms with Crippen LogP contribution in [0, 0.1) is 0 Å². The van der Waals surface area contributed by atoms with E-state index < -0.39 is 16.1 Å². The van der Waals surface area contributed by atoms with E-state index >= 15 is 0 Å². The van der Waals surface area contributed by atoms with Crippen molar-refractivity contribution in [3.8, 4) is 28.7 Å². The van der Waals surface area contributed by atoms with E-state index in [2.05, 4.69) is 162 Å². The summed E-state index contributed by atoms with van der Waals surface area (Å²) < 4.78 is 2.31. The van der Waals surface area contributed by atoms with Crippen LogP contribution >= 0.6 is 0 Å². The second-order valence-electron chi connectivity index (χ2n) is 21.6. The minimum atomic E-state index is -2.29. The molecule has 4 nitrogen and oxygen atoms in total. The van der Waals surface area contributed by atoms with Crippen molar-refractivity contribution < 1.29 is 0 Å². The lowest BCUT2D eigenvalue weighted by atomic mass is 9.99. The topological polar surface area (TPSA) is 43.6 Å². The Kier molecular flexibility index (Phi) is 12.8. The van der Waals surface area contributed by atoms with Crippen molar-refractivity contribution in [2.24, 2.45) is 0 Å². The number of hydrogen-bond acceptors (Lipinski definition) is 3. The number of fused-ring (bicyclic) bond motifs is 3. The quantitative estimate of drug-likeness (QED) is 0.121. The van der Waals surface area contributed by atoms with Gasteiger partial charge in [-0.2, -0.15) is 9.97 Å². The Balaban J connectivity index is 1.08. The van der Waals surface area contributed by atoms with Gasteiger partial charge in [-0.15, -0.1) is 0 Å². The Morgan fingerprint density at radius 1 is 0.319 bits per heavy atom. The van der Waals surface area contributed by atoms with E-state index in [0.717, 1.165) is 56.0 Å². The van der Waals surface area contributed by atoms with E-state index in [0.29, 0.717) is 5.95 Å². The highest BCUT2D eigenvalue weighted by atomic mass is 28.3. The molecule has 0 radical (unpaired) electrons. The Morgan fingerprint density at radius 3 is 1.03 bits per heavy atom. The molecule has 0 bridgehead atoms. The van der Waals surface area contributed by atoms with Gasteiger partial charge in [-0.3, -0.25) is 4.57 Å². The van der Waals surface area contributed by atoms with Crippen molar-refractivity contribution in [2.45, 2.75) is 151 Å². The van der Waals surface area contributed by atoms with Crippen molar-refractivity contribution in [3.63, 3.8) is 0 Å². The Labute approximate surface area is 413 Å². The van der Waals surface area contributed by atoms with Crippen molar-refractivity contribution in [1.82, 2.24) is 19.5 Å². The van der Waals surface area contributed by atoms with Crippen molar-refractivity contribution in [2.75, 3.05) is 0 Å². The number of aromatic nitrogens is 4. The van der Waals surface area contributed by atoms with Crippen LogP contribution in [-0.2, 0) is 0 Å². The molecule has 6 aromatic carbocycles. The zero-order chi connectivity index (χ0) is 46.0. The molecule has 12 rings (SSSR count). The molecule has 8 aromatic rings. The largest absolute Gasteiger partial charge is 0.278 e. The second-order valence-corrected chi connectivity index (χ2v) is 30.7. The molecule has 2 heterocycles. The average molecular weight is 939 g/mol. The van der Waals surface area contributed by atoms with Crippen molar-refractivity contribution in [1.29, 1.82) is 0 Å². The molecule has 4 aliphatic carbocycles. The maximum absolute atomic E-state index is 5.68. The highest BCUT2D eigenvalue weighted by Gasteiger charge is 2.52. The summed E-state index contributed by atoms with van der Waals surface area (Å²) in [5, 5.41) is 8.90. The van der Waals surface area contributed by atoms with E-state index in [1.54, 1.807) is 20.7 Å². The predicted octanol–water partition coefficient (Wildman–Crippen LogP) is 14.8. The molecule has 2 aromatic heterocycles. The summed E-state index contributed by atoms with van der Waals surface area (Å²) in [6, 6.07) is 61.1. The highest BCUT2D eigenvalue weighted by Crippen LogP contribution is 2.50. The normalized spacial score (nSPS) is 18.5. The van der Waals surface area contributed by atoms with Crippen LogP contribution in [0.4, 0.5) is 0 Å². The molecule has 0 N–H and O–H groups in total. The molecule has 0 saturated heterocycles. The highest BCUT2D eigenvalue weighted by molar-refractivity contribution is 7.05. The first-order chi connectivity index (χ1) is 34.2. The molecule has 69 heavy (non-hydrogen) atoms. The zero-order valence-electron chi connectivity index (χ0n) is 40.8. The van der Waals surface area contributed by atoms with Gasteiger partial charge in [0.05, 0.1) is 11.0 Å². The van der Waals surface area contributed by atoms with Crippen molar-refractivity contribution in [3.05, 3.63) is 158 Å². The van der Waals surface area contributed by atoms with Gasteiger partial charge < -0.3 is 0 Å². The fraction of sp³-hybridized carbons (Fsp3) is 0.381. The molecule has 0 aliphatic heterocycles. The first-order valence-electron chi connectivity index (χ1n) is 27.3. The Bertz CT molecular complexity index is 2780. The number of para-hydroxylation sites is 2. The smallest absolute Gasteiger partial charge is 0.238 e. The van der Waals surface area contributed by atoms with Gasteiger partial charge in [-0.05, 0) is 34.3 Å².